The zero-order valence-corrected chi connectivity index (χ0v) is 18.1. The molecule has 0 radical (unpaired) electrons. The molecule has 5 nitrogen and oxygen atoms in total. The van der Waals surface area contributed by atoms with Gasteiger partial charge in [0.25, 0.3) is 5.91 Å². The first-order chi connectivity index (χ1) is 13.8. The number of benzene rings is 2. The number of carbonyl (C=O) groups excluding carboxylic acids is 2. The number of hydrogen-bond donors (Lipinski definition) is 1. The third-order valence-electron chi connectivity index (χ3n) is 4.92. The molecule has 0 spiro atoms. The van der Waals surface area contributed by atoms with Crippen LogP contribution in [0.25, 0.3) is 0 Å². The molecule has 1 N–H and O–H groups in total. The molecule has 0 aliphatic rings. The van der Waals surface area contributed by atoms with Crippen LogP contribution in [0.4, 0.5) is 0 Å². The molecule has 0 saturated carbocycles. The molecule has 2 aromatic carbocycles. The van der Waals surface area contributed by atoms with Gasteiger partial charge in [0.1, 0.15) is 11.8 Å². The van der Waals surface area contributed by atoms with E-state index in [0.717, 1.165) is 11.1 Å². The third-order valence-corrected chi connectivity index (χ3v) is 4.92. The Morgan fingerprint density at radius 2 is 1.69 bits per heavy atom. The average molecular weight is 397 g/mol. The van der Waals surface area contributed by atoms with E-state index in [4.69, 9.17) is 4.74 Å². The SMILES string of the molecule is Cc1ccc(OCC(=O)N(CCc2ccccc2)[C@H](C)C(=O)NC(C)C)cc1C. The Morgan fingerprint density at radius 3 is 2.31 bits per heavy atom. The van der Waals surface area contributed by atoms with Gasteiger partial charge in [-0.3, -0.25) is 9.59 Å². The largest absolute Gasteiger partial charge is 0.484 e. The van der Waals surface area contributed by atoms with E-state index >= 15 is 0 Å². The lowest BCUT2D eigenvalue weighted by Gasteiger charge is -2.29. The molecule has 0 saturated heterocycles. The number of nitrogens with one attached hydrogen (secondary N) is 1. The van der Waals surface area contributed by atoms with Crippen LogP contribution in [0, 0.1) is 13.8 Å². The molecule has 1 atom stereocenters. The maximum Gasteiger partial charge on any atom is 0.261 e. The highest BCUT2D eigenvalue weighted by Gasteiger charge is 2.26. The predicted molar refractivity (Wildman–Crippen MR) is 116 cm³/mol. The van der Waals surface area contributed by atoms with Crippen LogP contribution in [-0.4, -0.2) is 41.9 Å². The first-order valence-electron chi connectivity index (χ1n) is 10.1. The molecule has 0 fully saturated rings. The number of hydrogen-bond acceptors (Lipinski definition) is 3. The Bertz CT molecular complexity index is 818. The zero-order valence-electron chi connectivity index (χ0n) is 18.1. The van der Waals surface area contributed by atoms with Crippen molar-refractivity contribution in [3.8, 4) is 5.75 Å². The van der Waals surface area contributed by atoms with E-state index in [1.54, 1.807) is 11.8 Å². The Hall–Kier alpha value is -2.82. The van der Waals surface area contributed by atoms with Crippen LogP contribution in [0.5, 0.6) is 5.75 Å². The van der Waals surface area contributed by atoms with E-state index in [1.165, 1.54) is 5.56 Å². The molecule has 0 aliphatic carbocycles. The number of rotatable bonds is 9. The second-order valence-electron chi connectivity index (χ2n) is 7.70. The van der Waals surface area contributed by atoms with Gasteiger partial charge >= 0.3 is 0 Å². The molecule has 0 heterocycles. The van der Waals surface area contributed by atoms with Crippen LogP contribution in [-0.2, 0) is 16.0 Å². The first-order valence-corrected chi connectivity index (χ1v) is 10.1. The van der Waals surface area contributed by atoms with Crippen molar-refractivity contribution in [1.29, 1.82) is 0 Å². The summed E-state index contributed by atoms with van der Waals surface area (Å²) < 4.78 is 5.72. The van der Waals surface area contributed by atoms with Gasteiger partial charge in [0.15, 0.2) is 6.61 Å². The second-order valence-corrected chi connectivity index (χ2v) is 7.70. The topological polar surface area (TPSA) is 58.6 Å². The van der Waals surface area contributed by atoms with E-state index in [-0.39, 0.29) is 24.5 Å². The van der Waals surface area contributed by atoms with Crippen molar-refractivity contribution in [3.05, 3.63) is 65.2 Å². The van der Waals surface area contributed by atoms with Crippen LogP contribution < -0.4 is 10.1 Å². The van der Waals surface area contributed by atoms with Crippen molar-refractivity contribution in [1.82, 2.24) is 10.2 Å². The maximum atomic E-state index is 12.9. The molecule has 156 valence electrons. The lowest BCUT2D eigenvalue weighted by molar-refractivity contribution is -0.141. The van der Waals surface area contributed by atoms with Gasteiger partial charge in [-0.15, -0.1) is 0 Å². The highest BCUT2D eigenvalue weighted by atomic mass is 16.5. The van der Waals surface area contributed by atoms with Crippen LogP contribution >= 0.6 is 0 Å². The Labute approximate surface area is 174 Å². The van der Waals surface area contributed by atoms with E-state index in [9.17, 15) is 9.59 Å². The van der Waals surface area contributed by atoms with Crippen LogP contribution in [0.1, 0.15) is 37.5 Å². The highest BCUT2D eigenvalue weighted by molar-refractivity contribution is 5.88. The van der Waals surface area contributed by atoms with Crippen LogP contribution in [0.3, 0.4) is 0 Å². The number of carbonyl (C=O) groups is 2. The van der Waals surface area contributed by atoms with E-state index in [0.29, 0.717) is 18.7 Å². The summed E-state index contributed by atoms with van der Waals surface area (Å²) in [6, 6.07) is 15.1. The van der Waals surface area contributed by atoms with Crippen molar-refractivity contribution in [2.75, 3.05) is 13.2 Å². The molecular weight excluding hydrogens is 364 g/mol. The molecule has 2 aromatic rings. The van der Waals surface area contributed by atoms with Crippen molar-refractivity contribution >= 4 is 11.8 Å². The highest BCUT2D eigenvalue weighted by Crippen LogP contribution is 2.17. The minimum atomic E-state index is -0.572. The fraction of sp³-hybridized carbons (Fsp3) is 0.417. The number of amides is 2. The van der Waals surface area contributed by atoms with Crippen molar-refractivity contribution < 1.29 is 14.3 Å². The predicted octanol–water partition coefficient (Wildman–Crippen LogP) is 3.67. The number of nitrogens with zero attached hydrogens (tertiary/aromatic N) is 1. The van der Waals surface area contributed by atoms with Gasteiger partial charge in [-0.25, -0.2) is 0 Å². The van der Waals surface area contributed by atoms with Crippen molar-refractivity contribution in [2.45, 2.75) is 53.1 Å². The number of ether oxygens (including phenoxy) is 1. The Balaban J connectivity index is 2.07. The normalized spacial score (nSPS) is 11.8. The molecule has 0 unspecified atom stereocenters. The van der Waals surface area contributed by atoms with Gasteiger partial charge in [0, 0.05) is 12.6 Å². The fourth-order valence-corrected chi connectivity index (χ4v) is 3.01. The van der Waals surface area contributed by atoms with Gasteiger partial charge in [-0.05, 0) is 69.9 Å². The van der Waals surface area contributed by atoms with Gasteiger partial charge in [0.05, 0.1) is 0 Å². The summed E-state index contributed by atoms with van der Waals surface area (Å²) in [6.45, 7) is 9.96. The Morgan fingerprint density at radius 1 is 1.00 bits per heavy atom. The minimum Gasteiger partial charge on any atom is -0.484 e. The van der Waals surface area contributed by atoms with Crippen LogP contribution in [0.2, 0.25) is 0 Å². The van der Waals surface area contributed by atoms with Crippen molar-refractivity contribution in [2.24, 2.45) is 0 Å². The molecule has 29 heavy (non-hydrogen) atoms. The third kappa shape index (κ3) is 6.93. The Kier molecular flexibility index (Phi) is 8.25. The molecule has 2 amide bonds. The zero-order chi connectivity index (χ0) is 21.4. The fourth-order valence-electron chi connectivity index (χ4n) is 3.01. The summed E-state index contributed by atoms with van der Waals surface area (Å²) >= 11 is 0. The lowest BCUT2D eigenvalue weighted by Crippen LogP contribution is -2.51. The molecule has 0 bridgehead atoms. The monoisotopic (exact) mass is 396 g/mol. The molecule has 0 aliphatic heterocycles. The minimum absolute atomic E-state index is 0.0165. The summed E-state index contributed by atoms with van der Waals surface area (Å²) in [6.07, 6.45) is 0.676. The smallest absolute Gasteiger partial charge is 0.261 e. The maximum absolute atomic E-state index is 12.9. The van der Waals surface area contributed by atoms with Gasteiger partial charge < -0.3 is 15.0 Å². The molecular formula is C24H32N2O3. The average Bonchev–Trinajstić information content (AvgIpc) is 2.69. The van der Waals surface area contributed by atoms with Crippen molar-refractivity contribution in [3.63, 3.8) is 0 Å². The lowest BCUT2D eigenvalue weighted by atomic mass is 10.1. The molecule has 2 rings (SSSR count). The summed E-state index contributed by atoms with van der Waals surface area (Å²) in [5.74, 6) is 0.293. The first kappa shape index (κ1) is 22.5. The van der Waals surface area contributed by atoms with E-state index in [1.807, 2.05) is 76.2 Å². The van der Waals surface area contributed by atoms with E-state index < -0.39 is 6.04 Å². The quantitative estimate of drug-likeness (QED) is 0.704. The summed E-state index contributed by atoms with van der Waals surface area (Å²) in [7, 11) is 0. The van der Waals surface area contributed by atoms with Crippen LogP contribution in [0.15, 0.2) is 48.5 Å². The molecule has 0 aromatic heterocycles. The molecule has 5 heteroatoms. The van der Waals surface area contributed by atoms with E-state index in [2.05, 4.69) is 5.32 Å². The standard InChI is InChI=1S/C24H32N2O3/c1-17(2)25-24(28)20(5)26(14-13-21-9-7-6-8-10-21)23(27)16-29-22-12-11-18(3)19(4)15-22/h6-12,15,17,20H,13-14,16H2,1-5H3,(H,25,28)/t20-/m1/s1. The van der Waals surface area contributed by atoms with Gasteiger partial charge in [0.2, 0.25) is 5.91 Å². The summed E-state index contributed by atoms with van der Waals surface area (Å²) in [4.78, 5) is 27.1. The summed E-state index contributed by atoms with van der Waals surface area (Å²) in [5, 5.41) is 2.89. The van der Waals surface area contributed by atoms with Gasteiger partial charge in [-0.1, -0.05) is 36.4 Å². The number of aryl methyl sites for hydroxylation is 2. The van der Waals surface area contributed by atoms with Gasteiger partial charge in [-0.2, -0.15) is 0 Å². The summed E-state index contributed by atoms with van der Waals surface area (Å²) in [5.41, 5.74) is 3.41. The second kappa shape index (κ2) is 10.6.